The summed E-state index contributed by atoms with van der Waals surface area (Å²) in [5.41, 5.74) is 7.79. The van der Waals surface area contributed by atoms with Gasteiger partial charge < -0.3 is 16.2 Å². The summed E-state index contributed by atoms with van der Waals surface area (Å²) in [5.74, 6) is -0.116. The van der Waals surface area contributed by atoms with Gasteiger partial charge in [-0.2, -0.15) is 0 Å². The highest BCUT2D eigenvalue weighted by Crippen LogP contribution is 2.36. The number of hydrogen-bond donors (Lipinski definition) is 3. The summed E-state index contributed by atoms with van der Waals surface area (Å²) in [4.78, 5) is 12.1. The number of aryl methyl sites for hydroxylation is 1. The van der Waals surface area contributed by atoms with Crippen molar-refractivity contribution in [3.8, 4) is 0 Å². The summed E-state index contributed by atoms with van der Waals surface area (Å²) in [5, 5.41) is 12.4. The average Bonchev–Trinajstić information content (AvgIpc) is 2.84. The molecule has 0 atom stereocenters. The number of nitrogen functional groups attached to an aromatic ring is 1. The van der Waals surface area contributed by atoms with Crippen LogP contribution in [0.4, 0.5) is 5.69 Å². The van der Waals surface area contributed by atoms with E-state index in [9.17, 15) is 9.90 Å². The molecule has 1 aliphatic rings. The van der Waals surface area contributed by atoms with Gasteiger partial charge in [-0.05, 0) is 43.5 Å². The molecule has 1 aromatic rings. The zero-order chi connectivity index (χ0) is 13.9. The highest BCUT2D eigenvalue weighted by Gasteiger charge is 2.33. The summed E-state index contributed by atoms with van der Waals surface area (Å²) in [6.07, 6.45) is 4.24. The molecule has 0 saturated heterocycles. The van der Waals surface area contributed by atoms with Crippen LogP contribution in [0.25, 0.3) is 0 Å². The molecule has 0 spiro atoms. The van der Waals surface area contributed by atoms with Crippen molar-refractivity contribution in [1.29, 1.82) is 0 Å². The van der Waals surface area contributed by atoms with Crippen LogP contribution in [-0.2, 0) is 0 Å². The van der Waals surface area contributed by atoms with Gasteiger partial charge in [-0.15, -0.1) is 0 Å². The Kier molecular flexibility index (Phi) is 4.10. The number of nitrogens with two attached hydrogens (primary N) is 1. The van der Waals surface area contributed by atoms with Gasteiger partial charge in [0.15, 0.2) is 0 Å². The van der Waals surface area contributed by atoms with Gasteiger partial charge in [-0.1, -0.05) is 12.8 Å². The van der Waals surface area contributed by atoms with Crippen molar-refractivity contribution in [2.24, 2.45) is 5.41 Å². The third-order valence-corrected chi connectivity index (χ3v) is 3.99. The molecule has 4 N–H and O–H groups in total. The molecule has 104 valence electrons. The quantitative estimate of drug-likeness (QED) is 0.725. The minimum atomic E-state index is -0.120. The number of anilines is 1. The first kappa shape index (κ1) is 13.9. The van der Waals surface area contributed by atoms with E-state index in [1.807, 2.05) is 19.1 Å². The van der Waals surface area contributed by atoms with E-state index in [2.05, 4.69) is 5.32 Å². The lowest BCUT2D eigenvalue weighted by atomic mass is 9.87. The predicted octanol–water partition coefficient (Wildman–Crippen LogP) is 1.86. The molecule has 1 saturated carbocycles. The molecule has 1 aliphatic carbocycles. The number of aliphatic hydroxyl groups is 1. The van der Waals surface area contributed by atoms with Gasteiger partial charge in [0.1, 0.15) is 0 Å². The van der Waals surface area contributed by atoms with E-state index in [0.717, 1.165) is 31.2 Å². The van der Waals surface area contributed by atoms with E-state index in [-0.39, 0.29) is 17.9 Å². The smallest absolute Gasteiger partial charge is 0.251 e. The Hall–Kier alpha value is -1.55. The number of benzene rings is 1. The fourth-order valence-electron chi connectivity index (χ4n) is 2.83. The minimum absolute atomic E-state index is 0.116. The molecule has 0 radical (unpaired) electrons. The number of hydrogen-bond acceptors (Lipinski definition) is 3. The molecule has 4 nitrogen and oxygen atoms in total. The van der Waals surface area contributed by atoms with E-state index in [0.29, 0.717) is 17.8 Å². The Labute approximate surface area is 114 Å². The van der Waals surface area contributed by atoms with E-state index < -0.39 is 0 Å². The molecule has 2 rings (SSSR count). The Morgan fingerprint density at radius 2 is 2.05 bits per heavy atom. The Balaban J connectivity index is 2.01. The SMILES string of the molecule is Cc1cc(N)cc(C(=O)NCC2(CO)CCCC2)c1. The topological polar surface area (TPSA) is 75.4 Å². The van der Waals surface area contributed by atoms with Crippen molar-refractivity contribution in [2.45, 2.75) is 32.6 Å². The standard InChI is InChI=1S/C15H22N2O2/c1-11-6-12(8-13(16)7-11)14(19)17-9-15(10-18)4-2-3-5-15/h6-8,18H,2-5,9-10,16H2,1H3,(H,17,19). The van der Waals surface area contributed by atoms with Crippen LogP contribution in [0.1, 0.15) is 41.6 Å². The van der Waals surface area contributed by atoms with Crippen molar-refractivity contribution >= 4 is 11.6 Å². The molecule has 1 amide bonds. The lowest BCUT2D eigenvalue weighted by Crippen LogP contribution is -2.38. The van der Waals surface area contributed by atoms with Crippen molar-refractivity contribution in [3.63, 3.8) is 0 Å². The third kappa shape index (κ3) is 3.26. The van der Waals surface area contributed by atoms with Gasteiger partial charge in [0.2, 0.25) is 0 Å². The molecule has 0 heterocycles. The molecule has 1 fully saturated rings. The monoisotopic (exact) mass is 262 g/mol. The largest absolute Gasteiger partial charge is 0.399 e. The molecule has 19 heavy (non-hydrogen) atoms. The van der Waals surface area contributed by atoms with Crippen LogP contribution in [0.5, 0.6) is 0 Å². The first-order valence-electron chi connectivity index (χ1n) is 6.81. The third-order valence-electron chi connectivity index (χ3n) is 3.99. The second-order valence-corrected chi connectivity index (χ2v) is 5.68. The van der Waals surface area contributed by atoms with Gasteiger partial charge in [0.05, 0.1) is 6.61 Å². The van der Waals surface area contributed by atoms with Crippen LogP contribution in [0.15, 0.2) is 18.2 Å². The van der Waals surface area contributed by atoms with Gasteiger partial charge in [-0.3, -0.25) is 4.79 Å². The molecular weight excluding hydrogens is 240 g/mol. The Bertz CT molecular complexity index is 445. The average molecular weight is 262 g/mol. The second kappa shape index (κ2) is 5.61. The first-order valence-corrected chi connectivity index (χ1v) is 6.81. The van der Waals surface area contributed by atoms with E-state index >= 15 is 0 Å². The first-order chi connectivity index (χ1) is 9.04. The molecule has 4 heteroatoms. The maximum Gasteiger partial charge on any atom is 0.251 e. The van der Waals surface area contributed by atoms with Gasteiger partial charge in [-0.25, -0.2) is 0 Å². The molecular formula is C15H22N2O2. The van der Waals surface area contributed by atoms with Crippen LogP contribution in [0.2, 0.25) is 0 Å². The molecule has 0 aliphatic heterocycles. The van der Waals surface area contributed by atoms with Crippen molar-refractivity contribution in [2.75, 3.05) is 18.9 Å². The number of amides is 1. The number of carbonyl (C=O) groups is 1. The lowest BCUT2D eigenvalue weighted by Gasteiger charge is -2.26. The van der Waals surface area contributed by atoms with Crippen LogP contribution < -0.4 is 11.1 Å². The predicted molar refractivity (Wildman–Crippen MR) is 75.9 cm³/mol. The Morgan fingerprint density at radius 1 is 1.37 bits per heavy atom. The van der Waals surface area contributed by atoms with E-state index in [1.165, 1.54) is 0 Å². The molecule has 0 unspecified atom stereocenters. The zero-order valence-electron chi connectivity index (χ0n) is 11.4. The maximum absolute atomic E-state index is 12.1. The summed E-state index contributed by atoms with van der Waals surface area (Å²) in [6, 6.07) is 5.34. The van der Waals surface area contributed by atoms with Crippen LogP contribution in [0, 0.1) is 12.3 Å². The van der Waals surface area contributed by atoms with E-state index in [4.69, 9.17) is 5.73 Å². The number of nitrogens with one attached hydrogen (secondary N) is 1. The van der Waals surface area contributed by atoms with Crippen LogP contribution >= 0.6 is 0 Å². The van der Waals surface area contributed by atoms with Crippen molar-refractivity contribution in [3.05, 3.63) is 29.3 Å². The van der Waals surface area contributed by atoms with Gasteiger partial charge >= 0.3 is 0 Å². The Morgan fingerprint density at radius 3 is 2.63 bits per heavy atom. The van der Waals surface area contributed by atoms with Crippen LogP contribution in [-0.4, -0.2) is 24.2 Å². The highest BCUT2D eigenvalue weighted by atomic mass is 16.3. The summed E-state index contributed by atoms with van der Waals surface area (Å²) < 4.78 is 0. The number of rotatable bonds is 4. The number of aliphatic hydroxyl groups excluding tert-OH is 1. The van der Waals surface area contributed by atoms with Gasteiger partial charge in [0, 0.05) is 23.2 Å². The molecule has 1 aromatic carbocycles. The van der Waals surface area contributed by atoms with Crippen molar-refractivity contribution in [1.82, 2.24) is 5.32 Å². The fraction of sp³-hybridized carbons (Fsp3) is 0.533. The minimum Gasteiger partial charge on any atom is -0.399 e. The highest BCUT2D eigenvalue weighted by molar-refractivity contribution is 5.95. The van der Waals surface area contributed by atoms with E-state index in [1.54, 1.807) is 6.07 Å². The normalized spacial score (nSPS) is 17.4. The fourth-order valence-corrected chi connectivity index (χ4v) is 2.83. The lowest BCUT2D eigenvalue weighted by molar-refractivity contribution is 0.0880. The maximum atomic E-state index is 12.1. The summed E-state index contributed by atoms with van der Waals surface area (Å²) in [7, 11) is 0. The number of carbonyl (C=O) groups excluding carboxylic acids is 1. The molecule has 0 bridgehead atoms. The van der Waals surface area contributed by atoms with Crippen LogP contribution in [0.3, 0.4) is 0 Å². The van der Waals surface area contributed by atoms with Crippen molar-refractivity contribution < 1.29 is 9.90 Å². The summed E-state index contributed by atoms with van der Waals surface area (Å²) in [6.45, 7) is 2.60. The second-order valence-electron chi connectivity index (χ2n) is 5.68. The zero-order valence-corrected chi connectivity index (χ0v) is 11.4. The van der Waals surface area contributed by atoms with Gasteiger partial charge in [0.25, 0.3) is 5.91 Å². The molecule has 0 aromatic heterocycles. The summed E-state index contributed by atoms with van der Waals surface area (Å²) >= 11 is 0.